The number of pyridine rings is 1. The van der Waals surface area contributed by atoms with Crippen LogP contribution in [0.4, 0.5) is 0 Å². The number of aliphatic carboxylic acids is 1. The van der Waals surface area contributed by atoms with E-state index in [1.165, 1.54) is 13.8 Å². The summed E-state index contributed by atoms with van der Waals surface area (Å²) in [6.45, 7) is 6.86. The first-order chi connectivity index (χ1) is 14.6. The highest BCUT2D eigenvalue weighted by atomic mass is 16.5. The van der Waals surface area contributed by atoms with E-state index in [-0.39, 0.29) is 0 Å². The number of aliphatic hydroxyl groups excluding tert-OH is 1. The Bertz CT molecular complexity index is 1080. The van der Waals surface area contributed by atoms with Crippen molar-refractivity contribution in [2.24, 2.45) is 0 Å². The average Bonchev–Trinajstić information content (AvgIpc) is 2.73. The Morgan fingerprint density at radius 2 is 1.77 bits per heavy atom. The first-order valence-electron chi connectivity index (χ1n) is 10.3. The van der Waals surface area contributed by atoms with Crippen molar-refractivity contribution < 1.29 is 24.5 Å². The number of para-hydroxylation sites is 1. The minimum absolute atomic E-state index is 0.429. The van der Waals surface area contributed by atoms with Crippen molar-refractivity contribution in [3.63, 3.8) is 0 Å². The molecule has 3 aromatic rings. The van der Waals surface area contributed by atoms with Crippen LogP contribution in [-0.4, -0.2) is 33.9 Å². The lowest BCUT2D eigenvalue weighted by molar-refractivity contribution is -0.152. The zero-order valence-electron chi connectivity index (χ0n) is 18.6. The number of aliphatic hydroxyl groups is 1. The molecular weight excluding hydrogens is 394 g/mol. The van der Waals surface area contributed by atoms with E-state index in [9.17, 15) is 15.0 Å². The molecule has 6 nitrogen and oxygen atoms in total. The summed E-state index contributed by atoms with van der Waals surface area (Å²) in [5.41, 5.74) is 2.95. The number of hydrogen-bond donors (Lipinski definition) is 2. The molecule has 0 radical (unpaired) electrons. The van der Waals surface area contributed by atoms with E-state index >= 15 is 0 Å². The lowest BCUT2D eigenvalue weighted by Gasteiger charge is -2.24. The Morgan fingerprint density at radius 1 is 1.13 bits per heavy atom. The first kappa shape index (κ1) is 22.6. The third-order valence-electron chi connectivity index (χ3n) is 5.37. The molecule has 0 unspecified atom stereocenters. The number of carboxylic acid groups (broad SMARTS) is 1. The third-order valence-corrected chi connectivity index (χ3v) is 5.37. The van der Waals surface area contributed by atoms with E-state index in [1.807, 2.05) is 56.3 Å². The van der Waals surface area contributed by atoms with Crippen LogP contribution in [0.2, 0.25) is 0 Å². The number of rotatable bonds is 8. The second-order valence-electron chi connectivity index (χ2n) is 8.31. The Labute approximate surface area is 182 Å². The minimum atomic E-state index is -1.31. The van der Waals surface area contributed by atoms with E-state index in [0.29, 0.717) is 30.0 Å². The van der Waals surface area contributed by atoms with E-state index in [1.54, 1.807) is 7.11 Å². The number of fused-ring (bicyclic) bond motifs is 1. The molecule has 0 saturated carbocycles. The molecule has 0 amide bonds. The molecule has 2 N–H and O–H groups in total. The van der Waals surface area contributed by atoms with Crippen LogP contribution in [0.25, 0.3) is 10.9 Å². The molecule has 0 aliphatic carbocycles. The van der Waals surface area contributed by atoms with Crippen LogP contribution >= 0.6 is 0 Å². The van der Waals surface area contributed by atoms with Gasteiger partial charge in [0, 0.05) is 10.9 Å². The summed E-state index contributed by atoms with van der Waals surface area (Å²) in [7, 11) is 1.55. The smallest absolute Gasteiger partial charge is 0.347 e. The summed E-state index contributed by atoms with van der Waals surface area (Å²) >= 11 is 0. The fourth-order valence-electron chi connectivity index (χ4n) is 3.62. The molecule has 2 aromatic carbocycles. The number of carbonyl (C=O) groups is 1. The van der Waals surface area contributed by atoms with Gasteiger partial charge in [0.2, 0.25) is 5.88 Å². The Kier molecular flexibility index (Phi) is 6.51. The number of carboxylic acids is 1. The maximum Gasteiger partial charge on any atom is 0.347 e. The number of methoxy groups -OCH3 is 1. The molecule has 0 bridgehead atoms. The fourth-order valence-corrected chi connectivity index (χ4v) is 3.62. The zero-order valence-corrected chi connectivity index (χ0v) is 18.6. The van der Waals surface area contributed by atoms with E-state index < -0.39 is 17.7 Å². The summed E-state index contributed by atoms with van der Waals surface area (Å²) in [5, 5.41) is 21.1. The summed E-state index contributed by atoms with van der Waals surface area (Å²) in [5.74, 6) is -0.00764. The molecule has 31 heavy (non-hydrogen) atoms. The average molecular weight is 424 g/mol. The summed E-state index contributed by atoms with van der Waals surface area (Å²) in [4.78, 5) is 15.9. The molecule has 0 spiro atoms. The maximum atomic E-state index is 11.4. The van der Waals surface area contributed by atoms with Gasteiger partial charge in [0.05, 0.1) is 18.7 Å². The Balaban J connectivity index is 1.78. The van der Waals surface area contributed by atoms with Crippen molar-refractivity contribution in [1.82, 2.24) is 4.98 Å². The van der Waals surface area contributed by atoms with Crippen LogP contribution in [0.15, 0.2) is 42.5 Å². The number of benzene rings is 2. The molecule has 1 atom stereocenters. The van der Waals surface area contributed by atoms with Crippen molar-refractivity contribution in [3.05, 3.63) is 64.7 Å². The van der Waals surface area contributed by atoms with Crippen molar-refractivity contribution in [2.75, 3.05) is 7.11 Å². The van der Waals surface area contributed by atoms with Crippen LogP contribution in [0, 0.1) is 13.8 Å². The molecular formula is C25H29NO5. The van der Waals surface area contributed by atoms with Gasteiger partial charge in [-0.1, -0.05) is 30.3 Å². The summed E-state index contributed by atoms with van der Waals surface area (Å²) in [6, 6.07) is 13.6. The predicted octanol–water partition coefficient (Wildman–Crippen LogP) is 4.77. The zero-order chi connectivity index (χ0) is 22.8. The Morgan fingerprint density at radius 3 is 2.39 bits per heavy atom. The molecule has 6 heteroatoms. The van der Waals surface area contributed by atoms with Gasteiger partial charge in [-0.3, -0.25) is 0 Å². The molecule has 1 heterocycles. The van der Waals surface area contributed by atoms with Crippen molar-refractivity contribution >= 4 is 16.9 Å². The van der Waals surface area contributed by atoms with Gasteiger partial charge in [0.25, 0.3) is 0 Å². The second kappa shape index (κ2) is 8.94. The fraction of sp³-hybridized carbons (Fsp3) is 0.360. The lowest BCUT2D eigenvalue weighted by atomic mass is 9.97. The van der Waals surface area contributed by atoms with E-state index in [4.69, 9.17) is 9.47 Å². The van der Waals surface area contributed by atoms with Crippen molar-refractivity contribution in [1.29, 1.82) is 0 Å². The number of hydrogen-bond acceptors (Lipinski definition) is 5. The molecule has 0 fully saturated rings. The predicted molar refractivity (Wildman–Crippen MR) is 120 cm³/mol. The van der Waals surface area contributed by atoms with Gasteiger partial charge >= 0.3 is 5.97 Å². The van der Waals surface area contributed by atoms with Gasteiger partial charge in [-0.2, -0.15) is 0 Å². The van der Waals surface area contributed by atoms with Crippen LogP contribution in [-0.2, 0) is 11.2 Å². The maximum absolute atomic E-state index is 11.4. The topological polar surface area (TPSA) is 88.9 Å². The van der Waals surface area contributed by atoms with Gasteiger partial charge < -0.3 is 19.7 Å². The number of aryl methyl sites for hydroxylation is 3. The molecule has 1 aromatic heterocycles. The number of nitrogens with zero attached hydrogens (tertiary/aromatic N) is 1. The van der Waals surface area contributed by atoms with Gasteiger partial charge in [-0.25, -0.2) is 9.78 Å². The van der Waals surface area contributed by atoms with Gasteiger partial charge in [-0.05, 0) is 69.4 Å². The summed E-state index contributed by atoms with van der Waals surface area (Å²) in [6.07, 6.45) is 0.409. The molecule has 0 aliphatic heterocycles. The van der Waals surface area contributed by atoms with Crippen LogP contribution in [0.1, 0.15) is 48.6 Å². The number of ether oxygens (including phenoxy) is 2. The quantitative estimate of drug-likeness (QED) is 0.543. The van der Waals surface area contributed by atoms with Gasteiger partial charge in [0.15, 0.2) is 5.60 Å². The SMILES string of the molecule is COc1nc2ccccc2cc1[C@@H](O)CCc1cc(C)c(OC(C)(C)C(=O)O)c(C)c1. The largest absolute Gasteiger partial charge is 0.481 e. The van der Waals surface area contributed by atoms with Crippen LogP contribution in [0.5, 0.6) is 11.6 Å². The highest BCUT2D eigenvalue weighted by Crippen LogP contribution is 2.32. The third kappa shape index (κ3) is 4.97. The Hall–Kier alpha value is -3.12. The molecule has 3 rings (SSSR count). The molecule has 164 valence electrons. The van der Waals surface area contributed by atoms with Gasteiger partial charge in [-0.15, -0.1) is 0 Å². The lowest BCUT2D eigenvalue weighted by Crippen LogP contribution is -2.38. The molecule has 0 saturated heterocycles. The van der Waals surface area contributed by atoms with E-state index in [0.717, 1.165) is 27.6 Å². The number of aromatic nitrogens is 1. The highest BCUT2D eigenvalue weighted by molar-refractivity contribution is 5.80. The standard InChI is InChI=1S/C25H29NO5/c1-15-12-17(13-16(2)22(15)31-25(3,4)24(28)29)10-11-21(27)19-14-18-8-6-7-9-20(18)26-23(19)30-5/h6-9,12-14,21,27H,10-11H2,1-5H3,(H,28,29)/t21-/m0/s1. The normalized spacial score (nSPS) is 12.6. The minimum Gasteiger partial charge on any atom is -0.481 e. The monoisotopic (exact) mass is 423 g/mol. The molecule has 0 aliphatic rings. The van der Waals surface area contributed by atoms with Crippen molar-refractivity contribution in [3.8, 4) is 11.6 Å². The van der Waals surface area contributed by atoms with Gasteiger partial charge in [0.1, 0.15) is 5.75 Å². The van der Waals surface area contributed by atoms with Crippen molar-refractivity contribution in [2.45, 2.75) is 52.2 Å². The van der Waals surface area contributed by atoms with E-state index in [2.05, 4.69) is 4.98 Å². The highest BCUT2D eigenvalue weighted by Gasteiger charge is 2.30. The second-order valence-corrected chi connectivity index (χ2v) is 8.31. The summed E-state index contributed by atoms with van der Waals surface area (Å²) < 4.78 is 11.2. The van der Waals surface area contributed by atoms with Crippen LogP contribution < -0.4 is 9.47 Å². The van der Waals surface area contributed by atoms with Crippen LogP contribution in [0.3, 0.4) is 0 Å². The first-order valence-corrected chi connectivity index (χ1v) is 10.3.